The molecule has 0 bridgehead atoms. The second-order valence-electron chi connectivity index (χ2n) is 6.22. The summed E-state index contributed by atoms with van der Waals surface area (Å²) in [5.74, 6) is 1.38. The highest BCUT2D eigenvalue weighted by atomic mass is 35.5. The average molecular weight is 431 g/mol. The number of hydrogen-bond acceptors (Lipinski definition) is 5. The summed E-state index contributed by atoms with van der Waals surface area (Å²) in [5.41, 5.74) is 1.03. The molecule has 1 heterocycles. The Bertz CT molecular complexity index is 1010. The standard InChI is InChI=1S/C22H20ClFN2O4/c1-15(27)26(13-16-12-19(28-2)9-10-21(16)29-14-24)20-4-3-11-25-22(20)30-18-7-5-17(23)6-8-18/h3-12H,13-14H2,1-2H3. The number of rotatable bonds is 8. The summed E-state index contributed by atoms with van der Waals surface area (Å²) >= 11 is 5.92. The number of aromatic nitrogens is 1. The SMILES string of the molecule is COc1ccc(OCF)c(CN(C(C)=O)c2cccnc2Oc2ccc(Cl)cc2)c1. The number of amides is 1. The third-order valence-electron chi connectivity index (χ3n) is 4.26. The van der Waals surface area contributed by atoms with Gasteiger partial charge in [-0.15, -0.1) is 0 Å². The fraction of sp³-hybridized carbons (Fsp3) is 0.182. The highest BCUT2D eigenvalue weighted by Crippen LogP contribution is 2.33. The number of carbonyl (C=O) groups is 1. The van der Waals surface area contributed by atoms with Gasteiger partial charge in [-0.1, -0.05) is 11.6 Å². The number of halogens is 2. The van der Waals surface area contributed by atoms with Crippen molar-refractivity contribution in [3.8, 4) is 23.1 Å². The van der Waals surface area contributed by atoms with Crippen molar-refractivity contribution in [1.82, 2.24) is 4.98 Å². The van der Waals surface area contributed by atoms with Crippen molar-refractivity contribution in [2.24, 2.45) is 0 Å². The van der Waals surface area contributed by atoms with E-state index in [1.165, 1.54) is 18.9 Å². The van der Waals surface area contributed by atoms with E-state index in [0.29, 0.717) is 33.5 Å². The zero-order valence-corrected chi connectivity index (χ0v) is 17.2. The van der Waals surface area contributed by atoms with Crippen LogP contribution in [-0.2, 0) is 11.3 Å². The van der Waals surface area contributed by atoms with E-state index in [4.69, 9.17) is 25.8 Å². The summed E-state index contributed by atoms with van der Waals surface area (Å²) in [4.78, 5) is 18.2. The lowest BCUT2D eigenvalue weighted by Crippen LogP contribution is -2.28. The number of anilines is 1. The van der Waals surface area contributed by atoms with Gasteiger partial charge in [0.05, 0.1) is 13.7 Å². The minimum absolute atomic E-state index is 0.102. The van der Waals surface area contributed by atoms with Gasteiger partial charge < -0.3 is 19.1 Å². The molecule has 0 aliphatic heterocycles. The number of nitrogens with zero attached hydrogens (tertiary/aromatic N) is 2. The van der Waals surface area contributed by atoms with Crippen molar-refractivity contribution in [3.05, 3.63) is 71.4 Å². The smallest absolute Gasteiger partial charge is 0.243 e. The van der Waals surface area contributed by atoms with Crippen LogP contribution in [-0.4, -0.2) is 24.9 Å². The highest BCUT2D eigenvalue weighted by Gasteiger charge is 2.20. The quantitative estimate of drug-likeness (QED) is 0.479. The van der Waals surface area contributed by atoms with E-state index in [-0.39, 0.29) is 18.3 Å². The molecule has 3 aromatic rings. The maximum Gasteiger partial charge on any atom is 0.243 e. The van der Waals surface area contributed by atoms with Crippen LogP contribution in [0.5, 0.6) is 23.1 Å². The normalized spacial score (nSPS) is 10.4. The zero-order chi connectivity index (χ0) is 21.5. The van der Waals surface area contributed by atoms with E-state index < -0.39 is 6.86 Å². The summed E-state index contributed by atoms with van der Waals surface area (Å²) in [6.07, 6.45) is 1.57. The lowest BCUT2D eigenvalue weighted by Gasteiger charge is -2.24. The first kappa shape index (κ1) is 21.4. The van der Waals surface area contributed by atoms with Gasteiger partial charge in [-0.3, -0.25) is 4.79 Å². The van der Waals surface area contributed by atoms with Gasteiger partial charge in [0.25, 0.3) is 0 Å². The van der Waals surface area contributed by atoms with E-state index in [1.54, 1.807) is 60.8 Å². The molecule has 0 spiro atoms. The number of ether oxygens (including phenoxy) is 3. The number of pyridine rings is 1. The Balaban J connectivity index is 1.96. The molecule has 30 heavy (non-hydrogen) atoms. The van der Waals surface area contributed by atoms with Crippen molar-refractivity contribution < 1.29 is 23.4 Å². The minimum atomic E-state index is -0.989. The first-order valence-corrected chi connectivity index (χ1v) is 9.42. The van der Waals surface area contributed by atoms with E-state index in [0.717, 1.165) is 0 Å². The Kier molecular flexibility index (Phi) is 7.08. The maximum absolute atomic E-state index is 12.8. The monoisotopic (exact) mass is 430 g/mol. The summed E-state index contributed by atoms with van der Waals surface area (Å²) in [7, 11) is 1.52. The zero-order valence-electron chi connectivity index (χ0n) is 16.5. The van der Waals surface area contributed by atoms with Crippen LogP contribution in [0.3, 0.4) is 0 Å². The summed E-state index contributed by atoms with van der Waals surface area (Å²) in [6.45, 7) is 0.538. The molecule has 0 saturated carbocycles. The molecule has 8 heteroatoms. The van der Waals surface area contributed by atoms with E-state index in [1.807, 2.05) is 0 Å². The molecule has 0 N–H and O–H groups in total. The van der Waals surface area contributed by atoms with Crippen molar-refractivity contribution in [2.75, 3.05) is 18.9 Å². The van der Waals surface area contributed by atoms with Crippen LogP contribution >= 0.6 is 11.6 Å². The topological polar surface area (TPSA) is 60.9 Å². The molecular weight excluding hydrogens is 411 g/mol. The fourth-order valence-electron chi connectivity index (χ4n) is 2.82. The Morgan fingerprint density at radius 2 is 1.87 bits per heavy atom. The van der Waals surface area contributed by atoms with Crippen molar-refractivity contribution in [1.29, 1.82) is 0 Å². The van der Waals surface area contributed by atoms with E-state index in [2.05, 4.69) is 4.98 Å². The van der Waals surface area contributed by atoms with Gasteiger partial charge in [-0.05, 0) is 54.6 Å². The van der Waals surface area contributed by atoms with Gasteiger partial charge in [-0.25, -0.2) is 9.37 Å². The molecule has 0 radical (unpaired) electrons. The molecule has 3 rings (SSSR count). The summed E-state index contributed by atoms with van der Waals surface area (Å²) in [5, 5.41) is 0.576. The first-order chi connectivity index (χ1) is 14.5. The average Bonchev–Trinajstić information content (AvgIpc) is 2.75. The third kappa shape index (κ3) is 5.18. The van der Waals surface area contributed by atoms with Crippen molar-refractivity contribution >= 4 is 23.2 Å². The van der Waals surface area contributed by atoms with Gasteiger partial charge in [0.1, 0.15) is 22.9 Å². The summed E-state index contributed by atoms with van der Waals surface area (Å²) < 4.78 is 29.0. The van der Waals surface area contributed by atoms with Crippen molar-refractivity contribution in [2.45, 2.75) is 13.5 Å². The number of hydrogen-bond donors (Lipinski definition) is 0. The molecule has 0 atom stereocenters. The summed E-state index contributed by atoms with van der Waals surface area (Å²) in [6, 6.07) is 15.2. The van der Waals surface area contributed by atoms with Crippen LogP contribution in [0.25, 0.3) is 0 Å². The van der Waals surface area contributed by atoms with Crippen LogP contribution in [0.4, 0.5) is 10.1 Å². The van der Waals surface area contributed by atoms with Crippen LogP contribution in [0.15, 0.2) is 60.8 Å². The lowest BCUT2D eigenvalue weighted by molar-refractivity contribution is -0.116. The molecule has 2 aromatic carbocycles. The molecule has 0 aliphatic carbocycles. The maximum atomic E-state index is 12.8. The molecule has 1 amide bonds. The Morgan fingerprint density at radius 1 is 1.13 bits per heavy atom. The van der Waals surface area contributed by atoms with Gasteiger partial charge in [0.15, 0.2) is 0 Å². The van der Waals surface area contributed by atoms with Gasteiger partial charge in [-0.2, -0.15) is 0 Å². The van der Waals surface area contributed by atoms with Gasteiger partial charge >= 0.3 is 0 Å². The minimum Gasteiger partial charge on any atom is -0.497 e. The molecule has 0 unspecified atom stereocenters. The number of benzene rings is 2. The molecule has 0 fully saturated rings. The fourth-order valence-corrected chi connectivity index (χ4v) is 2.95. The highest BCUT2D eigenvalue weighted by molar-refractivity contribution is 6.30. The Morgan fingerprint density at radius 3 is 2.53 bits per heavy atom. The van der Waals surface area contributed by atoms with Crippen LogP contribution in [0.2, 0.25) is 5.02 Å². The Labute approximate surface area is 178 Å². The molecule has 1 aromatic heterocycles. The first-order valence-electron chi connectivity index (χ1n) is 9.04. The van der Waals surface area contributed by atoms with E-state index in [9.17, 15) is 9.18 Å². The lowest BCUT2D eigenvalue weighted by atomic mass is 10.1. The second kappa shape index (κ2) is 9.93. The predicted molar refractivity (Wildman–Crippen MR) is 112 cm³/mol. The number of methoxy groups -OCH3 is 1. The van der Waals surface area contributed by atoms with Crippen LogP contribution in [0.1, 0.15) is 12.5 Å². The number of carbonyl (C=O) groups excluding carboxylic acids is 1. The van der Waals surface area contributed by atoms with Gasteiger partial charge in [0.2, 0.25) is 18.6 Å². The molecule has 6 nitrogen and oxygen atoms in total. The Hall–Kier alpha value is -3.32. The number of alkyl halides is 1. The molecular formula is C22H20ClFN2O4. The molecule has 0 saturated heterocycles. The largest absolute Gasteiger partial charge is 0.497 e. The molecule has 0 aliphatic rings. The van der Waals surface area contributed by atoms with E-state index >= 15 is 0 Å². The van der Waals surface area contributed by atoms with Gasteiger partial charge in [0, 0.05) is 23.7 Å². The van der Waals surface area contributed by atoms with Crippen molar-refractivity contribution in [3.63, 3.8) is 0 Å². The second-order valence-corrected chi connectivity index (χ2v) is 6.65. The van der Waals surface area contributed by atoms with Crippen LogP contribution in [0, 0.1) is 0 Å². The molecule has 156 valence electrons. The third-order valence-corrected chi connectivity index (χ3v) is 4.51. The van der Waals surface area contributed by atoms with Crippen LogP contribution < -0.4 is 19.1 Å². The predicted octanol–water partition coefficient (Wildman–Crippen LogP) is 5.39.